The molecule has 8 heteroatoms. The van der Waals surface area contributed by atoms with Crippen molar-refractivity contribution in [3.63, 3.8) is 0 Å². The van der Waals surface area contributed by atoms with Gasteiger partial charge in [0.1, 0.15) is 17.4 Å². The summed E-state index contributed by atoms with van der Waals surface area (Å²) in [6.07, 6.45) is 5.67. The van der Waals surface area contributed by atoms with Crippen LogP contribution < -0.4 is 15.4 Å². The number of aromatic nitrogens is 4. The maximum atomic E-state index is 9.66. The SMILES string of the molecule is OCc1cc(Nc2ncc3cccc(OC4CCNCC4)c3n2)cc2[nH]ncc12. The molecule has 0 unspecified atom stereocenters. The minimum atomic E-state index is -0.0711. The molecule has 8 nitrogen and oxygen atoms in total. The van der Waals surface area contributed by atoms with Gasteiger partial charge in [-0.3, -0.25) is 5.10 Å². The van der Waals surface area contributed by atoms with E-state index in [1.165, 1.54) is 0 Å². The zero-order valence-electron chi connectivity index (χ0n) is 15.9. The maximum Gasteiger partial charge on any atom is 0.227 e. The van der Waals surface area contributed by atoms with Gasteiger partial charge in [0.15, 0.2) is 0 Å². The van der Waals surface area contributed by atoms with Gasteiger partial charge in [-0.15, -0.1) is 0 Å². The number of piperidine rings is 1. The molecular formula is C21H22N6O2. The molecule has 5 rings (SSSR count). The van der Waals surface area contributed by atoms with Gasteiger partial charge in [0.2, 0.25) is 5.95 Å². The zero-order chi connectivity index (χ0) is 19.6. The van der Waals surface area contributed by atoms with Crippen molar-refractivity contribution in [2.45, 2.75) is 25.6 Å². The van der Waals surface area contributed by atoms with Crippen LogP contribution in [0.15, 0.2) is 42.7 Å². The summed E-state index contributed by atoms with van der Waals surface area (Å²) in [5.74, 6) is 1.25. The van der Waals surface area contributed by atoms with E-state index in [1.807, 2.05) is 30.3 Å². The normalized spacial score (nSPS) is 15.1. The zero-order valence-corrected chi connectivity index (χ0v) is 15.9. The van der Waals surface area contributed by atoms with Crippen LogP contribution in [0.5, 0.6) is 5.75 Å². The first kappa shape index (κ1) is 17.8. The molecule has 3 heterocycles. The Bertz CT molecular complexity index is 1150. The van der Waals surface area contributed by atoms with E-state index in [-0.39, 0.29) is 12.7 Å². The van der Waals surface area contributed by atoms with Gasteiger partial charge in [0.25, 0.3) is 0 Å². The lowest BCUT2D eigenvalue weighted by molar-refractivity contribution is 0.164. The van der Waals surface area contributed by atoms with E-state index in [0.717, 1.165) is 64.7 Å². The monoisotopic (exact) mass is 390 g/mol. The van der Waals surface area contributed by atoms with E-state index in [9.17, 15) is 5.11 Å². The van der Waals surface area contributed by atoms with Crippen molar-refractivity contribution in [2.24, 2.45) is 0 Å². The van der Waals surface area contributed by atoms with Crippen LogP contribution in [0.2, 0.25) is 0 Å². The number of aliphatic hydroxyl groups is 1. The van der Waals surface area contributed by atoms with Gasteiger partial charge in [0.05, 0.1) is 18.3 Å². The number of anilines is 2. The van der Waals surface area contributed by atoms with Gasteiger partial charge >= 0.3 is 0 Å². The average Bonchev–Trinajstić information content (AvgIpc) is 3.23. The summed E-state index contributed by atoms with van der Waals surface area (Å²) in [4.78, 5) is 9.15. The molecule has 0 radical (unpaired) electrons. The van der Waals surface area contributed by atoms with E-state index in [4.69, 9.17) is 9.72 Å². The Morgan fingerprint density at radius 2 is 2.07 bits per heavy atom. The van der Waals surface area contributed by atoms with Crippen LogP contribution in [-0.2, 0) is 6.61 Å². The van der Waals surface area contributed by atoms with Crippen LogP contribution in [0.1, 0.15) is 18.4 Å². The van der Waals surface area contributed by atoms with Crippen LogP contribution in [0.4, 0.5) is 11.6 Å². The highest BCUT2D eigenvalue weighted by molar-refractivity contribution is 5.87. The summed E-state index contributed by atoms with van der Waals surface area (Å²) in [6, 6.07) is 9.71. The molecular weight excluding hydrogens is 368 g/mol. The lowest BCUT2D eigenvalue weighted by atomic mass is 10.1. The predicted octanol–water partition coefficient (Wildman–Crippen LogP) is 2.87. The molecule has 1 fully saturated rings. The van der Waals surface area contributed by atoms with E-state index < -0.39 is 0 Å². The summed E-state index contributed by atoms with van der Waals surface area (Å²) >= 11 is 0. The van der Waals surface area contributed by atoms with Crippen LogP contribution in [-0.4, -0.2) is 44.5 Å². The van der Waals surface area contributed by atoms with E-state index in [2.05, 4.69) is 25.8 Å². The maximum absolute atomic E-state index is 9.66. The lowest BCUT2D eigenvalue weighted by Gasteiger charge is -2.24. The minimum Gasteiger partial charge on any atom is -0.488 e. The molecule has 0 atom stereocenters. The van der Waals surface area contributed by atoms with Crippen molar-refractivity contribution in [3.05, 3.63) is 48.3 Å². The molecule has 1 aliphatic rings. The molecule has 2 aromatic heterocycles. The van der Waals surface area contributed by atoms with E-state index in [1.54, 1.807) is 12.4 Å². The summed E-state index contributed by atoms with van der Waals surface area (Å²) < 4.78 is 6.25. The van der Waals surface area contributed by atoms with Crippen molar-refractivity contribution < 1.29 is 9.84 Å². The number of para-hydroxylation sites is 1. The Morgan fingerprint density at radius 1 is 1.17 bits per heavy atom. The predicted molar refractivity (Wildman–Crippen MR) is 111 cm³/mol. The van der Waals surface area contributed by atoms with Gasteiger partial charge in [0, 0.05) is 22.7 Å². The first-order valence-electron chi connectivity index (χ1n) is 9.77. The molecule has 1 saturated heterocycles. The number of benzene rings is 2. The van der Waals surface area contributed by atoms with Crippen LogP contribution >= 0.6 is 0 Å². The number of aliphatic hydroxyl groups excluding tert-OH is 1. The molecule has 29 heavy (non-hydrogen) atoms. The Morgan fingerprint density at radius 3 is 2.93 bits per heavy atom. The molecule has 4 aromatic rings. The fourth-order valence-electron chi connectivity index (χ4n) is 3.73. The average molecular weight is 390 g/mol. The fourth-order valence-corrected chi connectivity index (χ4v) is 3.73. The second-order valence-corrected chi connectivity index (χ2v) is 7.20. The topological polar surface area (TPSA) is 108 Å². The number of ether oxygens (including phenoxy) is 1. The largest absolute Gasteiger partial charge is 0.488 e. The fraction of sp³-hybridized carbons (Fsp3) is 0.286. The van der Waals surface area contributed by atoms with Crippen LogP contribution in [0, 0.1) is 0 Å². The Balaban J connectivity index is 1.47. The third kappa shape index (κ3) is 3.59. The summed E-state index contributed by atoms with van der Waals surface area (Å²) in [6.45, 7) is 1.87. The van der Waals surface area contributed by atoms with Gasteiger partial charge < -0.3 is 20.5 Å². The van der Waals surface area contributed by atoms with E-state index >= 15 is 0 Å². The van der Waals surface area contributed by atoms with Crippen molar-refractivity contribution in [1.82, 2.24) is 25.5 Å². The Labute approximate surface area is 167 Å². The van der Waals surface area contributed by atoms with E-state index in [0.29, 0.717) is 5.95 Å². The Kier molecular flexibility index (Phi) is 4.71. The third-order valence-corrected chi connectivity index (χ3v) is 5.22. The van der Waals surface area contributed by atoms with Crippen LogP contribution in [0.25, 0.3) is 21.8 Å². The molecule has 0 aliphatic carbocycles. The summed E-state index contributed by atoms with van der Waals surface area (Å²) in [5.41, 5.74) is 3.19. The van der Waals surface area contributed by atoms with Gasteiger partial charge in [-0.05, 0) is 49.7 Å². The third-order valence-electron chi connectivity index (χ3n) is 5.22. The highest BCUT2D eigenvalue weighted by Crippen LogP contribution is 2.28. The van der Waals surface area contributed by atoms with Crippen molar-refractivity contribution in [1.29, 1.82) is 0 Å². The quantitative estimate of drug-likeness (QED) is 0.415. The summed E-state index contributed by atoms with van der Waals surface area (Å²) in [7, 11) is 0. The second-order valence-electron chi connectivity index (χ2n) is 7.20. The lowest BCUT2D eigenvalue weighted by Crippen LogP contribution is -2.34. The molecule has 0 bridgehead atoms. The van der Waals surface area contributed by atoms with Gasteiger partial charge in [-0.1, -0.05) is 12.1 Å². The smallest absolute Gasteiger partial charge is 0.227 e. The number of hydrogen-bond acceptors (Lipinski definition) is 7. The minimum absolute atomic E-state index is 0.0711. The number of hydrogen-bond donors (Lipinski definition) is 4. The number of nitrogens with zero attached hydrogens (tertiary/aromatic N) is 3. The van der Waals surface area contributed by atoms with Gasteiger partial charge in [-0.25, -0.2) is 9.97 Å². The molecule has 0 amide bonds. The standard InChI is InChI=1S/C21H22N6O2/c28-12-14-8-15(9-18-17(14)11-24-27-18)25-21-23-10-13-2-1-3-19(20(13)26-21)29-16-4-6-22-7-5-16/h1-3,8-11,16,22,28H,4-7,12H2,(H,24,27)(H,23,25,26). The first-order chi connectivity index (χ1) is 14.3. The summed E-state index contributed by atoms with van der Waals surface area (Å²) in [5, 5.41) is 25.1. The van der Waals surface area contributed by atoms with Crippen molar-refractivity contribution in [2.75, 3.05) is 18.4 Å². The molecule has 2 aromatic carbocycles. The number of nitrogens with one attached hydrogen (secondary N) is 3. The first-order valence-corrected chi connectivity index (χ1v) is 9.77. The second kappa shape index (κ2) is 7.65. The molecule has 148 valence electrons. The molecule has 0 spiro atoms. The number of H-pyrrole nitrogens is 1. The molecule has 1 aliphatic heterocycles. The van der Waals surface area contributed by atoms with Crippen LogP contribution in [0.3, 0.4) is 0 Å². The number of fused-ring (bicyclic) bond motifs is 2. The number of rotatable bonds is 5. The molecule has 0 saturated carbocycles. The molecule has 4 N–H and O–H groups in total. The Hall–Kier alpha value is -3.23. The van der Waals surface area contributed by atoms with Crippen molar-refractivity contribution >= 4 is 33.4 Å². The number of aromatic amines is 1. The highest BCUT2D eigenvalue weighted by atomic mass is 16.5. The van der Waals surface area contributed by atoms with Crippen molar-refractivity contribution in [3.8, 4) is 5.75 Å². The highest BCUT2D eigenvalue weighted by Gasteiger charge is 2.16. The van der Waals surface area contributed by atoms with Gasteiger partial charge in [-0.2, -0.15) is 5.10 Å².